The molecule has 0 aromatic heterocycles. The lowest BCUT2D eigenvalue weighted by molar-refractivity contribution is -0.167. The minimum Gasteiger partial charge on any atom is -0.459 e. The molecule has 3 saturated carbocycles. The van der Waals surface area contributed by atoms with E-state index in [2.05, 4.69) is 13.8 Å². The van der Waals surface area contributed by atoms with Crippen LogP contribution >= 0.6 is 0 Å². The van der Waals surface area contributed by atoms with Gasteiger partial charge in [0.2, 0.25) is 0 Å². The Hall–Kier alpha value is -0.530. The second-order valence-corrected chi connectivity index (χ2v) is 6.98. The first-order valence-electron chi connectivity index (χ1n) is 7.86. The van der Waals surface area contributed by atoms with E-state index < -0.39 is 0 Å². The van der Waals surface area contributed by atoms with Crippen LogP contribution in [0.5, 0.6) is 0 Å². The maximum atomic E-state index is 12.4. The van der Waals surface area contributed by atoms with Gasteiger partial charge in [0.05, 0.1) is 5.92 Å². The molecule has 3 fully saturated rings. The second-order valence-electron chi connectivity index (χ2n) is 6.98. The summed E-state index contributed by atoms with van der Waals surface area (Å²) < 4.78 is 5.98. The van der Waals surface area contributed by atoms with Crippen molar-refractivity contribution in [1.29, 1.82) is 0 Å². The third-order valence-corrected chi connectivity index (χ3v) is 5.99. The molecule has 0 amide bonds. The van der Waals surface area contributed by atoms with E-state index in [1.54, 1.807) is 0 Å². The summed E-state index contributed by atoms with van der Waals surface area (Å²) in [5.41, 5.74) is -0.0927. The Labute approximate surface area is 110 Å². The fourth-order valence-electron chi connectivity index (χ4n) is 4.69. The maximum Gasteiger partial charge on any atom is 0.309 e. The zero-order valence-electron chi connectivity index (χ0n) is 11.8. The highest BCUT2D eigenvalue weighted by Crippen LogP contribution is 2.52. The molecule has 4 atom stereocenters. The van der Waals surface area contributed by atoms with Crippen LogP contribution in [-0.2, 0) is 9.53 Å². The van der Waals surface area contributed by atoms with Gasteiger partial charge >= 0.3 is 5.97 Å². The van der Waals surface area contributed by atoms with Gasteiger partial charge in [0.1, 0.15) is 5.60 Å². The van der Waals surface area contributed by atoms with E-state index in [1.807, 2.05) is 0 Å². The van der Waals surface area contributed by atoms with E-state index >= 15 is 0 Å². The number of rotatable bonds is 3. The van der Waals surface area contributed by atoms with Gasteiger partial charge in [-0.1, -0.05) is 13.8 Å². The van der Waals surface area contributed by atoms with Crippen molar-refractivity contribution in [2.45, 2.75) is 70.8 Å². The van der Waals surface area contributed by atoms with Crippen LogP contribution in [0.15, 0.2) is 0 Å². The minimum atomic E-state index is -0.0927. The Morgan fingerprint density at radius 3 is 2.39 bits per heavy atom. The third-order valence-electron chi connectivity index (χ3n) is 5.99. The summed E-state index contributed by atoms with van der Waals surface area (Å²) in [5.74, 6) is 2.64. The molecule has 0 aromatic rings. The Morgan fingerprint density at radius 2 is 1.89 bits per heavy atom. The van der Waals surface area contributed by atoms with Crippen LogP contribution in [-0.4, -0.2) is 11.6 Å². The topological polar surface area (TPSA) is 26.3 Å². The van der Waals surface area contributed by atoms with Crippen LogP contribution < -0.4 is 0 Å². The molecule has 0 heterocycles. The second kappa shape index (κ2) is 4.54. The average molecular weight is 250 g/mol. The Balaban J connectivity index is 1.62. The van der Waals surface area contributed by atoms with Crippen molar-refractivity contribution in [2.24, 2.45) is 23.7 Å². The van der Waals surface area contributed by atoms with Crippen molar-refractivity contribution in [3.8, 4) is 0 Å². The lowest BCUT2D eigenvalue weighted by Crippen LogP contribution is -2.36. The Morgan fingerprint density at radius 1 is 1.17 bits per heavy atom. The molecule has 3 aliphatic carbocycles. The first-order chi connectivity index (χ1) is 8.63. The molecule has 0 radical (unpaired) electrons. The lowest BCUT2D eigenvalue weighted by atomic mass is 9.83. The monoisotopic (exact) mass is 250 g/mol. The van der Waals surface area contributed by atoms with Gasteiger partial charge in [0, 0.05) is 0 Å². The summed E-state index contributed by atoms with van der Waals surface area (Å²) in [6.45, 7) is 4.51. The lowest BCUT2D eigenvalue weighted by Gasteiger charge is -2.32. The van der Waals surface area contributed by atoms with Crippen molar-refractivity contribution in [2.75, 3.05) is 0 Å². The molecule has 0 aromatic carbocycles. The van der Waals surface area contributed by atoms with Crippen LogP contribution in [0.25, 0.3) is 0 Å². The highest BCUT2D eigenvalue weighted by atomic mass is 16.6. The highest BCUT2D eigenvalue weighted by Gasteiger charge is 2.49. The van der Waals surface area contributed by atoms with Crippen LogP contribution in [0, 0.1) is 23.7 Å². The van der Waals surface area contributed by atoms with Crippen LogP contribution in [0.1, 0.15) is 65.2 Å². The first kappa shape index (κ1) is 12.5. The smallest absolute Gasteiger partial charge is 0.309 e. The van der Waals surface area contributed by atoms with E-state index in [4.69, 9.17) is 4.74 Å². The molecule has 0 saturated heterocycles. The van der Waals surface area contributed by atoms with E-state index in [-0.39, 0.29) is 17.5 Å². The quantitative estimate of drug-likeness (QED) is 0.709. The van der Waals surface area contributed by atoms with Gasteiger partial charge in [-0.15, -0.1) is 0 Å². The zero-order chi connectivity index (χ0) is 12.8. The van der Waals surface area contributed by atoms with Gasteiger partial charge in [-0.2, -0.15) is 0 Å². The van der Waals surface area contributed by atoms with Crippen molar-refractivity contribution in [3.05, 3.63) is 0 Å². The number of fused-ring (bicyclic) bond motifs is 2. The predicted molar refractivity (Wildman–Crippen MR) is 71.1 cm³/mol. The van der Waals surface area contributed by atoms with Crippen molar-refractivity contribution >= 4 is 5.97 Å². The van der Waals surface area contributed by atoms with Crippen LogP contribution in [0.3, 0.4) is 0 Å². The SMILES string of the molecule is CCC1(OC(=O)C2CC3CC2CC3C)CCCC1. The number of ether oxygens (including phenoxy) is 1. The molecule has 3 rings (SSSR count). The van der Waals surface area contributed by atoms with Gasteiger partial charge in [-0.25, -0.2) is 0 Å². The number of carbonyl (C=O) groups excluding carboxylic acids is 1. The number of hydrogen-bond acceptors (Lipinski definition) is 2. The molecule has 0 spiro atoms. The van der Waals surface area contributed by atoms with Gasteiger partial charge in [0.15, 0.2) is 0 Å². The van der Waals surface area contributed by atoms with E-state index in [0.717, 1.165) is 37.5 Å². The Bertz CT molecular complexity index is 328. The largest absolute Gasteiger partial charge is 0.459 e. The van der Waals surface area contributed by atoms with E-state index in [9.17, 15) is 4.79 Å². The van der Waals surface area contributed by atoms with Gasteiger partial charge in [0.25, 0.3) is 0 Å². The highest BCUT2D eigenvalue weighted by molar-refractivity contribution is 5.74. The minimum absolute atomic E-state index is 0.0927. The molecule has 0 N–H and O–H groups in total. The maximum absolute atomic E-state index is 12.4. The van der Waals surface area contributed by atoms with Gasteiger partial charge < -0.3 is 4.74 Å². The molecular weight excluding hydrogens is 224 g/mol. The fourth-order valence-corrected chi connectivity index (χ4v) is 4.69. The molecule has 2 heteroatoms. The summed E-state index contributed by atoms with van der Waals surface area (Å²) in [5, 5.41) is 0. The Kier molecular flexibility index (Phi) is 3.15. The van der Waals surface area contributed by atoms with Crippen LogP contribution in [0.4, 0.5) is 0 Å². The van der Waals surface area contributed by atoms with Crippen molar-refractivity contribution in [1.82, 2.24) is 0 Å². The zero-order valence-corrected chi connectivity index (χ0v) is 11.8. The normalized spacial score (nSPS) is 41.2. The number of hydrogen-bond donors (Lipinski definition) is 0. The standard InChI is InChI=1S/C16H26O2/c1-3-16(6-4-5-7-16)18-15(17)14-10-12-9-13(14)8-11(12)2/h11-14H,3-10H2,1-2H3. The van der Waals surface area contributed by atoms with Gasteiger partial charge in [-0.3, -0.25) is 4.79 Å². The van der Waals surface area contributed by atoms with E-state index in [0.29, 0.717) is 5.92 Å². The summed E-state index contributed by atoms with van der Waals surface area (Å²) in [4.78, 5) is 12.4. The van der Waals surface area contributed by atoms with Crippen molar-refractivity contribution in [3.63, 3.8) is 0 Å². The third kappa shape index (κ3) is 1.98. The summed E-state index contributed by atoms with van der Waals surface area (Å²) in [6.07, 6.45) is 9.27. The predicted octanol–water partition coefficient (Wildman–Crippen LogP) is 3.93. The van der Waals surface area contributed by atoms with Gasteiger partial charge in [-0.05, 0) is 69.1 Å². The number of carbonyl (C=O) groups is 1. The first-order valence-corrected chi connectivity index (χ1v) is 7.86. The van der Waals surface area contributed by atoms with E-state index in [1.165, 1.54) is 25.7 Å². The number of esters is 1. The molecule has 18 heavy (non-hydrogen) atoms. The molecule has 4 unspecified atom stereocenters. The summed E-state index contributed by atoms with van der Waals surface area (Å²) in [7, 11) is 0. The van der Waals surface area contributed by atoms with Crippen molar-refractivity contribution < 1.29 is 9.53 Å². The molecule has 102 valence electrons. The molecule has 3 aliphatic rings. The summed E-state index contributed by atoms with van der Waals surface area (Å²) in [6, 6.07) is 0. The summed E-state index contributed by atoms with van der Waals surface area (Å²) >= 11 is 0. The average Bonchev–Trinajstić information content (AvgIpc) is 3.03. The molecule has 2 bridgehead atoms. The fraction of sp³-hybridized carbons (Fsp3) is 0.938. The molecule has 2 nitrogen and oxygen atoms in total. The molecular formula is C16H26O2. The van der Waals surface area contributed by atoms with Crippen LogP contribution in [0.2, 0.25) is 0 Å². The molecule has 0 aliphatic heterocycles.